The van der Waals surface area contributed by atoms with Crippen LogP contribution >= 0.6 is 11.8 Å². The highest BCUT2D eigenvalue weighted by molar-refractivity contribution is 7.98. The molecule has 0 bridgehead atoms. The van der Waals surface area contributed by atoms with Gasteiger partial charge in [0, 0.05) is 23.3 Å². The van der Waals surface area contributed by atoms with Crippen LogP contribution in [0.1, 0.15) is 23.2 Å². The van der Waals surface area contributed by atoms with Gasteiger partial charge in [-0.2, -0.15) is 0 Å². The van der Waals surface area contributed by atoms with E-state index in [1.54, 1.807) is 36.0 Å². The highest BCUT2D eigenvalue weighted by atomic mass is 32.2. The summed E-state index contributed by atoms with van der Waals surface area (Å²) < 4.78 is 39.4. The maximum atomic E-state index is 13.5. The van der Waals surface area contributed by atoms with Crippen molar-refractivity contribution < 1.29 is 27.6 Å². The van der Waals surface area contributed by atoms with Crippen LogP contribution in [0.3, 0.4) is 0 Å². The second-order valence-electron chi connectivity index (χ2n) is 5.70. The molecule has 0 aliphatic rings. The van der Waals surface area contributed by atoms with Gasteiger partial charge in [-0.05, 0) is 30.5 Å². The molecule has 2 aromatic carbocycles. The van der Waals surface area contributed by atoms with Crippen molar-refractivity contribution in [2.24, 2.45) is 0 Å². The van der Waals surface area contributed by atoms with Gasteiger partial charge in [-0.1, -0.05) is 12.1 Å². The number of hydrogen-bond donors (Lipinski definition) is 2. The fraction of sp³-hybridized carbons (Fsp3) is 0.211. The predicted octanol–water partition coefficient (Wildman–Crippen LogP) is 3.54. The van der Waals surface area contributed by atoms with E-state index in [2.05, 4.69) is 5.32 Å². The van der Waals surface area contributed by atoms with E-state index in [0.717, 1.165) is 11.0 Å². The van der Waals surface area contributed by atoms with Crippen molar-refractivity contribution >= 4 is 35.0 Å². The first-order chi connectivity index (χ1) is 13.3. The maximum absolute atomic E-state index is 13.5. The van der Waals surface area contributed by atoms with E-state index >= 15 is 0 Å². The molecule has 0 radical (unpaired) electrons. The third-order valence-electron chi connectivity index (χ3n) is 3.75. The second kappa shape index (κ2) is 9.93. The molecule has 0 aliphatic heterocycles. The van der Waals surface area contributed by atoms with E-state index in [9.17, 15) is 27.6 Å². The fourth-order valence-electron chi connectivity index (χ4n) is 2.23. The summed E-state index contributed by atoms with van der Waals surface area (Å²) in [6.45, 7) is -0.506. The number of halogens is 3. The number of benzene rings is 2. The molecular weight excluding hydrogens is 393 g/mol. The predicted molar refractivity (Wildman–Crippen MR) is 99.7 cm³/mol. The van der Waals surface area contributed by atoms with Crippen molar-refractivity contribution in [3.63, 3.8) is 0 Å². The SMILES string of the molecule is CSc1ccc(C(=O)CCC(=O)NCC(=O)Nc2ccc(F)c(F)c2F)cc1. The van der Waals surface area contributed by atoms with Gasteiger partial charge >= 0.3 is 0 Å². The summed E-state index contributed by atoms with van der Waals surface area (Å²) in [6.07, 6.45) is 1.75. The lowest BCUT2D eigenvalue weighted by Gasteiger charge is -2.08. The molecule has 2 aromatic rings. The van der Waals surface area contributed by atoms with Crippen LogP contribution in [-0.2, 0) is 9.59 Å². The number of carbonyl (C=O) groups is 3. The minimum atomic E-state index is -1.70. The highest BCUT2D eigenvalue weighted by Crippen LogP contribution is 2.19. The number of anilines is 1. The lowest BCUT2D eigenvalue weighted by atomic mass is 10.1. The Labute approximate surface area is 163 Å². The van der Waals surface area contributed by atoms with Crippen LogP contribution in [0.25, 0.3) is 0 Å². The summed E-state index contributed by atoms with van der Waals surface area (Å²) in [7, 11) is 0. The van der Waals surface area contributed by atoms with Gasteiger partial charge in [-0.15, -0.1) is 11.8 Å². The molecule has 148 valence electrons. The number of rotatable bonds is 8. The first kappa shape index (κ1) is 21.5. The number of carbonyl (C=O) groups excluding carboxylic acids is 3. The quantitative estimate of drug-likeness (QED) is 0.397. The third kappa shape index (κ3) is 5.85. The van der Waals surface area contributed by atoms with E-state index in [0.29, 0.717) is 11.6 Å². The fourth-order valence-corrected chi connectivity index (χ4v) is 2.64. The van der Waals surface area contributed by atoms with Crippen molar-refractivity contribution in [1.29, 1.82) is 0 Å². The standard InChI is InChI=1S/C19H17F3N2O3S/c1-28-12-4-2-11(3-5-12)15(25)8-9-16(26)23-10-17(27)24-14-7-6-13(20)18(21)19(14)22/h2-7H,8-10H2,1H3,(H,23,26)(H,24,27). The van der Waals surface area contributed by atoms with Gasteiger partial charge in [0.25, 0.3) is 0 Å². The molecule has 0 heterocycles. The van der Waals surface area contributed by atoms with Crippen LogP contribution in [0.5, 0.6) is 0 Å². The Morgan fingerprint density at radius 3 is 2.21 bits per heavy atom. The van der Waals surface area contributed by atoms with Crippen LogP contribution < -0.4 is 10.6 Å². The summed E-state index contributed by atoms with van der Waals surface area (Å²) in [6, 6.07) is 8.50. The molecule has 0 aromatic heterocycles. The Bertz CT molecular complexity index is 889. The van der Waals surface area contributed by atoms with E-state index < -0.39 is 41.5 Å². The Morgan fingerprint density at radius 1 is 0.893 bits per heavy atom. The first-order valence-electron chi connectivity index (χ1n) is 8.19. The molecule has 2 rings (SSSR count). The molecule has 5 nitrogen and oxygen atoms in total. The van der Waals surface area contributed by atoms with Gasteiger partial charge < -0.3 is 10.6 Å². The third-order valence-corrected chi connectivity index (χ3v) is 4.49. The largest absolute Gasteiger partial charge is 0.347 e. The Hall–Kier alpha value is -2.81. The monoisotopic (exact) mass is 410 g/mol. The highest BCUT2D eigenvalue weighted by Gasteiger charge is 2.16. The van der Waals surface area contributed by atoms with Gasteiger partial charge in [0.05, 0.1) is 12.2 Å². The molecule has 0 unspecified atom stereocenters. The van der Waals surface area contributed by atoms with E-state index in [1.807, 2.05) is 11.6 Å². The smallest absolute Gasteiger partial charge is 0.243 e. The summed E-state index contributed by atoms with van der Waals surface area (Å²) in [4.78, 5) is 36.5. The average Bonchev–Trinajstić information content (AvgIpc) is 2.71. The van der Waals surface area contributed by atoms with E-state index in [-0.39, 0.29) is 18.6 Å². The van der Waals surface area contributed by atoms with Crippen LogP contribution in [0.15, 0.2) is 41.3 Å². The van der Waals surface area contributed by atoms with Crippen molar-refractivity contribution in [2.45, 2.75) is 17.7 Å². The molecule has 2 N–H and O–H groups in total. The molecule has 0 spiro atoms. The molecule has 0 saturated heterocycles. The van der Waals surface area contributed by atoms with Gasteiger partial charge in [0.1, 0.15) is 0 Å². The molecule has 0 atom stereocenters. The normalized spacial score (nSPS) is 10.4. The number of ketones is 1. The molecule has 9 heteroatoms. The number of hydrogen-bond acceptors (Lipinski definition) is 4. The zero-order valence-electron chi connectivity index (χ0n) is 14.9. The van der Waals surface area contributed by atoms with Crippen molar-refractivity contribution in [3.8, 4) is 0 Å². The number of amides is 2. The molecular formula is C19H17F3N2O3S. The topological polar surface area (TPSA) is 75.3 Å². The molecule has 28 heavy (non-hydrogen) atoms. The zero-order valence-corrected chi connectivity index (χ0v) is 15.7. The van der Waals surface area contributed by atoms with Crippen LogP contribution in [0, 0.1) is 17.5 Å². The molecule has 0 fully saturated rings. The minimum absolute atomic E-state index is 0.0378. The summed E-state index contributed by atoms with van der Waals surface area (Å²) in [5.74, 6) is -6.19. The lowest BCUT2D eigenvalue weighted by Crippen LogP contribution is -2.33. The minimum Gasteiger partial charge on any atom is -0.347 e. The Morgan fingerprint density at radius 2 is 1.57 bits per heavy atom. The lowest BCUT2D eigenvalue weighted by molar-refractivity contribution is -0.124. The molecule has 0 saturated carbocycles. The number of thioether (sulfide) groups is 1. The summed E-state index contributed by atoms with van der Waals surface area (Å²) >= 11 is 1.54. The Balaban J connectivity index is 1.78. The van der Waals surface area contributed by atoms with E-state index in [1.165, 1.54) is 0 Å². The van der Waals surface area contributed by atoms with Crippen molar-refractivity contribution in [2.75, 3.05) is 18.1 Å². The van der Waals surface area contributed by atoms with Gasteiger partial charge in [-0.25, -0.2) is 13.2 Å². The van der Waals surface area contributed by atoms with Gasteiger partial charge in [0.2, 0.25) is 11.8 Å². The zero-order chi connectivity index (χ0) is 20.7. The average molecular weight is 410 g/mol. The van der Waals surface area contributed by atoms with Crippen LogP contribution in [0.4, 0.5) is 18.9 Å². The van der Waals surface area contributed by atoms with Gasteiger partial charge in [0.15, 0.2) is 23.2 Å². The van der Waals surface area contributed by atoms with Crippen LogP contribution in [-0.4, -0.2) is 30.4 Å². The molecule has 2 amide bonds. The number of nitrogens with one attached hydrogen (secondary N) is 2. The van der Waals surface area contributed by atoms with Crippen molar-refractivity contribution in [3.05, 3.63) is 59.4 Å². The van der Waals surface area contributed by atoms with Gasteiger partial charge in [-0.3, -0.25) is 14.4 Å². The maximum Gasteiger partial charge on any atom is 0.243 e. The van der Waals surface area contributed by atoms with Crippen LogP contribution in [0.2, 0.25) is 0 Å². The number of Topliss-reactive ketones (excluding diaryl/α,β-unsaturated/α-hetero) is 1. The molecule has 0 aliphatic carbocycles. The second-order valence-corrected chi connectivity index (χ2v) is 6.58. The van der Waals surface area contributed by atoms with Crippen molar-refractivity contribution in [1.82, 2.24) is 5.32 Å². The summed E-state index contributed by atoms with van der Waals surface area (Å²) in [5, 5.41) is 4.31. The Kier molecular flexibility index (Phi) is 7.62. The van der Waals surface area contributed by atoms with E-state index in [4.69, 9.17) is 0 Å². The summed E-state index contributed by atoms with van der Waals surface area (Å²) in [5.41, 5.74) is -0.0563. The first-order valence-corrected chi connectivity index (χ1v) is 9.41.